The molecule has 10 heteroatoms. The standard InChI is InChI=1S/C8H9F9O/c1-2-4(18)3-5(9,10)6(11,12)7(13,14)8(15,16)17/h4,18H,2-3H2,1H3. The maximum Gasteiger partial charge on any atom is 0.460 e. The molecule has 0 aromatic carbocycles. The third-order valence-electron chi connectivity index (χ3n) is 2.17. The lowest BCUT2D eigenvalue weighted by Crippen LogP contribution is -2.61. The van der Waals surface area contributed by atoms with Crippen LogP contribution in [0.2, 0.25) is 0 Å². The van der Waals surface area contributed by atoms with Gasteiger partial charge in [0.1, 0.15) is 0 Å². The molecular formula is C8H9F9O. The molecule has 0 aliphatic rings. The van der Waals surface area contributed by atoms with Gasteiger partial charge in [-0.2, -0.15) is 39.5 Å². The summed E-state index contributed by atoms with van der Waals surface area (Å²) in [5, 5.41) is 8.69. The summed E-state index contributed by atoms with van der Waals surface area (Å²) in [5.41, 5.74) is 0. The normalized spacial score (nSPS) is 16.8. The zero-order chi connectivity index (χ0) is 15.0. The van der Waals surface area contributed by atoms with Crippen LogP contribution in [-0.4, -0.2) is 35.2 Å². The quantitative estimate of drug-likeness (QED) is 0.767. The highest BCUT2D eigenvalue weighted by Gasteiger charge is 2.81. The molecule has 0 heterocycles. The Bertz CT molecular complexity index is 283. The monoisotopic (exact) mass is 292 g/mol. The molecule has 0 amide bonds. The SMILES string of the molecule is CCC(O)CC(F)(F)C(F)(F)C(F)(F)C(F)(F)F. The third-order valence-corrected chi connectivity index (χ3v) is 2.17. The average Bonchev–Trinajstić information content (AvgIpc) is 2.14. The first kappa shape index (κ1) is 17.3. The molecule has 1 N–H and O–H groups in total. The summed E-state index contributed by atoms with van der Waals surface area (Å²) >= 11 is 0. The van der Waals surface area contributed by atoms with Gasteiger partial charge in [0.15, 0.2) is 0 Å². The van der Waals surface area contributed by atoms with Crippen LogP contribution in [0.5, 0.6) is 0 Å². The number of hydrogen-bond donors (Lipinski definition) is 1. The predicted octanol–water partition coefficient (Wildman–Crippen LogP) is 3.62. The lowest BCUT2D eigenvalue weighted by molar-refractivity contribution is -0.398. The molecule has 0 aromatic rings. The van der Waals surface area contributed by atoms with Gasteiger partial charge in [0.05, 0.1) is 6.10 Å². The van der Waals surface area contributed by atoms with Crippen molar-refractivity contribution in [2.75, 3.05) is 0 Å². The second-order valence-electron chi connectivity index (χ2n) is 3.62. The first-order chi connectivity index (χ1) is 7.70. The van der Waals surface area contributed by atoms with Gasteiger partial charge in [-0.25, -0.2) is 0 Å². The summed E-state index contributed by atoms with van der Waals surface area (Å²) < 4.78 is 110. The first-order valence-electron chi connectivity index (χ1n) is 4.59. The molecule has 0 aliphatic carbocycles. The van der Waals surface area contributed by atoms with Crippen molar-refractivity contribution < 1.29 is 44.6 Å². The van der Waals surface area contributed by atoms with Crippen LogP contribution in [-0.2, 0) is 0 Å². The van der Waals surface area contributed by atoms with Crippen LogP contribution in [0.3, 0.4) is 0 Å². The lowest BCUT2D eigenvalue weighted by Gasteiger charge is -2.34. The van der Waals surface area contributed by atoms with E-state index in [2.05, 4.69) is 0 Å². The van der Waals surface area contributed by atoms with Crippen LogP contribution in [0.25, 0.3) is 0 Å². The Morgan fingerprint density at radius 2 is 1.22 bits per heavy atom. The topological polar surface area (TPSA) is 20.2 Å². The summed E-state index contributed by atoms with van der Waals surface area (Å²) in [5.74, 6) is -19.2. The summed E-state index contributed by atoms with van der Waals surface area (Å²) in [6.07, 6.45) is -11.6. The fraction of sp³-hybridized carbons (Fsp3) is 1.00. The highest BCUT2D eigenvalue weighted by Crippen LogP contribution is 2.54. The Hall–Kier alpha value is -0.670. The molecular weight excluding hydrogens is 283 g/mol. The zero-order valence-corrected chi connectivity index (χ0v) is 8.84. The minimum Gasteiger partial charge on any atom is -0.393 e. The molecule has 0 bridgehead atoms. The number of alkyl halides is 9. The van der Waals surface area contributed by atoms with Crippen LogP contribution in [0.1, 0.15) is 19.8 Å². The smallest absolute Gasteiger partial charge is 0.393 e. The third kappa shape index (κ3) is 2.83. The van der Waals surface area contributed by atoms with Crippen LogP contribution < -0.4 is 0 Å². The zero-order valence-electron chi connectivity index (χ0n) is 8.84. The summed E-state index contributed by atoms with van der Waals surface area (Å²) in [4.78, 5) is 0. The van der Waals surface area contributed by atoms with Crippen LogP contribution in [0.15, 0.2) is 0 Å². The molecule has 18 heavy (non-hydrogen) atoms. The van der Waals surface area contributed by atoms with E-state index in [4.69, 9.17) is 5.11 Å². The summed E-state index contributed by atoms with van der Waals surface area (Å²) in [7, 11) is 0. The van der Waals surface area contributed by atoms with E-state index in [1.54, 1.807) is 0 Å². The van der Waals surface area contributed by atoms with Gasteiger partial charge in [0.25, 0.3) is 0 Å². The van der Waals surface area contributed by atoms with Crippen molar-refractivity contribution in [1.29, 1.82) is 0 Å². The minimum absolute atomic E-state index is 0.497. The van der Waals surface area contributed by atoms with Gasteiger partial charge in [0, 0.05) is 6.42 Å². The molecule has 110 valence electrons. The molecule has 1 unspecified atom stereocenters. The van der Waals surface area contributed by atoms with Gasteiger partial charge < -0.3 is 5.11 Å². The maximum absolute atomic E-state index is 12.8. The van der Waals surface area contributed by atoms with Crippen LogP contribution in [0, 0.1) is 0 Å². The molecule has 0 saturated carbocycles. The van der Waals surface area contributed by atoms with E-state index in [0.717, 1.165) is 6.92 Å². The number of rotatable bonds is 5. The van der Waals surface area contributed by atoms with Gasteiger partial charge in [-0.05, 0) is 6.42 Å². The molecule has 0 spiro atoms. The van der Waals surface area contributed by atoms with Crippen molar-refractivity contribution in [2.24, 2.45) is 0 Å². The van der Waals surface area contributed by atoms with Gasteiger partial charge in [-0.15, -0.1) is 0 Å². The number of aliphatic hydroxyl groups is 1. The van der Waals surface area contributed by atoms with Crippen molar-refractivity contribution in [3.05, 3.63) is 0 Å². The van der Waals surface area contributed by atoms with Gasteiger partial charge >= 0.3 is 23.9 Å². The van der Waals surface area contributed by atoms with Crippen molar-refractivity contribution in [1.82, 2.24) is 0 Å². The van der Waals surface area contributed by atoms with E-state index in [0.29, 0.717) is 0 Å². The molecule has 1 atom stereocenters. The second-order valence-corrected chi connectivity index (χ2v) is 3.62. The molecule has 1 nitrogen and oxygen atoms in total. The predicted molar refractivity (Wildman–Crippen MR) is 41.8 cm³/mol. The van der Waals surface area contributed by atoms with E-state index in [9.17, 15) is 39.5 Å². The molecule has 0 aromatic heterocycles. The molecule has 0 fully saturated rings. The Morgan fingerprint density at radius 1 is 0.833 bits per heavy atom. The van der Waals surface area contributed by atoms with E-state index < -0.39 is 42.9 Å². The van der Waals surface area contributed by atoms with Gasteiger partial charge in [0.2, 0.25) is 0 Å². The summed E-state index contributed by atoms with van der Waals surface area (Å²) in [6, 6.07) is 0. The fourth-order valence-corrected chi connectivity index (χ4v) is 0.976. The number of halogens is 9. The Morgan fingerprint density at radius 3 is 1.50 bits per heavy atom. The fourth-order valence-electron chi connectivity index (χ4n) is 0.976. The second kappa shape index (κ2) is 4.78. The Labute approximate surface area is 95.6 Å². The molecule has 0 aliphatic heterocycles. The number of aliphatic hydroxyl groups excluding tert-OH is 1. The van der Waals surface area contributed by atoms with Crippen molar-refractivity contribution in [3.8, 4) is 0 Å². The Kier molecular flexibility index (Phi) is 4.60. The largest absolute Gasteiger partial charge is 0.460 e. The van der Waals surface area contributed by atoms with E-state index in [-0.39, 0.29) is 0 Å². The average molecular weight is 292 g/mol. The minimum atomic E-state index is -6.89. The highest BCUT2D eigenvalue weighted by atomic mass is 19.4. The summed E-state index contributed by atoms with van der Waals surface area (Å²) in [6.45, 7) is 1.07. The highest BCUT2D eigenvalue weighted by molar-refractivity contribution is 5.00. The van der Waals surface area contributed by atoms with E-state index >= 15 is 0 Å². The van der Waals surface area contributed by atoms with Crippen molar-refractivity contribution in [2.45, 2.75) is 49.8 Å². The van der Waals surface area contributed by atoms with Crippen molar-refractivity contribution in [3.63, 3.8) is 0 Å². The number of hydrogen-bond acceptors (Lipinski definition) is 1. The lowest BCUT2D eigenvalue weighted by atomic mass is 9.97. The maximum atomic E-state index is 12.8. The van der Waals surface area contributed by atoms with Crippen LogP contribution in [0.4, 0.5) is 39.5 Å². The molecule has 0 rings (SSSR count). The molecule has 0 saturated heterocycles. The van der Waals surface area contributed by atoms with E-state index in [1.165, 1.54) is 0 Å². The molecule has 0 radical (unpaired) electrons. The Balaban J connectivity index is 5.36. The van der Waals surface area contributed by atoms with Crippen molar-refractivity contribution >= 4 is 0 Å². The van der Waals surface area contributed by atoms with E-state index in [1.807, 2.05) is 0 Å². The van der Waals surface area contributed by atoms with Crippen LogP contribution >= 0.6 is 0 Å². The first-order valence-corrected chi connectivity index (χ1v) is 4.59. The van der Waals surface area contributed by atoms with Gasteiger partial charge in [-0.1, -0.05) is 6.92 Å². The van der Waals surface area contributed by atoms with Gasteiger partial charge in [-0.3, -0.25) is 0 Å².